The maximum atomic E-state index is 12.4. The van der Waals surface area contributed by atoms with E-state index in [2.05, 4.69) is 37.6 Å². The molecule has 2 aromatic rings. The smallest absolute Gasteiger partial charge is 0.207 e. The summed E-state index contributed by atoms with van der Waals surface area (Å²) in [6.45, 7) is 10.3. The summed E-state index contributed by atoms with van der Waals surface area (Å²) in [4.78, 5) is 0.293. The van der Waals surface area contributed by atoms with Crippen molar-refractivity contribution in [3.05, 3.63) is 65.2 Å². The minimum Gasteiger partial charge on any atom is -0.207 e. The van der Waals surface area contributed by atoms with Crippen LogP contribution in [0.15, 0.2) is 53.4 Å². The van der Waals surface area contributed by atoms with Gasteiger partial charge in [0.2, 0.25) is 10.0 Å². The Bertz CT molecular complexity index is 755. The van der Waals surface area contributed by atoms with Crippen LogP contribution in [-0.4, -0.2) is 8.42 Å². The normalized spacial score (nSPS) is 13.8. The Morgan fingerprint density at radius 1 is 0.913 bits per heavy atom. The molecule has 0 radical (unpaired) electrons. The highest BCUT2D eigenvalue weighted by molar-refractivity contribution is 7.89. The van der Waals surface area contributed by atoms with Crippen LogP contribution < -0.4 is 4.72 Å². The van der Waals surface area contributed by atoms with Gasteiger partial charge in [0.15, 0.2) is 0 Å². The van der Waals surface area contributed by atoms with E-state index in [1.54, 1.807) is 24.3 Å². The average molecular weight is 331 g/mol. The molecule has 2 rings (SSSR count). The van der Waals surface area contributed by atoms with E-state index in [1.807, 2.05) is 26.0 Å². The first-order chi connectivity index (χ1) is 10.6. The largest absolute Gasteiger partial charge is 0.241 e. The van der Waals surface area contributed by atoms with Crippen LogP contribution in [0.1, 0.15) is 50.4 Å². The minimum absolute atomic E-state index is 0.0865. The van der Waals surface area contributed by atoms with Gasteiger partial charge in [0.1, 0.15) is 0 Å². The molecule has 0 unspecified atom stereocenters. The lowest BCUT2D eigenvalue weighted by molar-refractivity contribution is 0.566. The number of rotatable bonds is 4. The second-order valence-electron chi connectivity index (χ2n) is 7.03. The fraction of sp³-hybridized carbons (Fsp3) is 0.368. The molecule has 1 N–H and O–H groups in total. The van der Waals surface area contributed by atoms with Crippen molar-refractivity contribution >= 4 is 10.0 Å². The third-order valence-electron chi connectivity index (χ3n) is 3.94. The molecule has 2 aromatic carbocycles. The van der Waals surface area contributed by atoms with Crippen molar-refractivity contribution in [1.29, 1.82) is 0 Å². The zero-order valence-electron chi connectivity index (χ0n) is 14.4. The van der Waals surface area contributed by atoms with Crippen LogP contribution in [0.4, 0.5) is 0 Å². The van der Waals surface area contributed by atoms with Crippen LogP contribution in [0.5, 0.6) is 0 Å². The molecule has 0 aliphatic rings. The molecule has 0 aliphatic heterocycles. The van der Waals surface area contributed by atoms with E-state index in [1.165, 1.54) is 5.56 Å². The Hall–Kier alpha value is -1.65. The SMILES string of the molecule is Cc1ccc(S(=O)(=O)N[C@H](C)c2ccc(C(C)(C)C)cc2)cc1. The van der Waals surface area contributed by atoms with Gasteiger partial charge in [-0.25, -0.2) is 13.1 Å². The molecule has 3 nitrogen and oxygen atoms in total. The molecule has 0 bridgehead atoms. The summed E-state index contributed by atoms with van der Waals surface area (Å²) in [5.74, 6) is 0. The van der Waals surface area contributed by atoms with Gasteiger partial charge >= 0.3 is 0 Å². The van der Waals surface area contributed by atoms with Crippen molar-refractivity contribution in [2.24, 2.45) is 0 Å². The van der Waals surface area contributed by atoms with Gasteiger partial charge in [-0.05, 0) is 42.5 Å². The Morgan fingerprint density at radius 2 is 1.43 bits per heavy atom. The second-order valence-corrected chi connectivity index (χ2v) is 8.74. The zero-order valence-corrected chi connectivity index (χ0v) is 15.2. The fourth-order valence-corrected chi connectivity index (χ4v) is 3.59. The number of hydrogen-bond acceptors (Lipinski definition) is 2. The lowest BCUT2D eigenvalue weighted by Crippen LogP contribution is -2.27. The van der Waals surface area contributed by atoms with Crippen LogP contribution in [0.25, 0.3) is 0 Å². The summed E-state index contributed by atoms with van der Waals surface area (Å²) in [6.07, 6.45) is 0. The maximum Gasteiger partial charge on any atom is 0.241 e. The van der Waals surface area contributed by atoms with E-state index < -0.39 is 10.0 Å². The van der Waals surface area contributed by atoms with Gasteiger partial charge in [-0.2, -0.15) is 0 Å². The molecule has 23 heavy (non-hydrogen) atoms. The average Bonchev–Trinajstić information content (AvgIpc) is 2.46. The molecule has 0 saturated heterocycles. The maximum absolute atomic E-state index is 12.4. The molecule has 0 amide bonds. The minimum atomic E-state index is -3.51. The molecule has 0 aromatic heterocycles. The van der Waals surface area contributed by atoms with Gasteiger partial charge in [-0.15, -0.1) is 0 Å². The Kier molecular flexibility index (Phi) is 4.97. The summed E-state index contributed by atoms with van der Waals surface area (Å²) in [5.41, 5.74) is 3.31. The number of benzene rings is 2. The number of nitrogens with one attached hydrogen (secondary N) is 1. The van der Waals surface area contributed by atoms with Crippen LogP contribution in [-0.2, 0) is 15.4 Å². The molecule has 0 saturated carbocycles. The lowest BCUT2D eigenvalue weighted by Gasteiger charge is -2.20. The highest BCUT2D eigenvalue weighted by Crippen LogP contribution is 2.24. The first-order valence-corrected chi connectivity index (χ1v) is 9.27. The van der Waals surface area contributed by atoms with Crippen molar-refractivity contribution in [2.75, 3.05) is 0 Å². The lowest BCUT2D eigenvalue weighted by atomic mass is 9.86. The number of aryl methyl sites for hydroxylation is 1. The van der Waals surface area contributed by atoms with Crippen LogP contribution in [0.3, 0.4) is 0 Å². The van der Waals surface area contributed by atoms with Gasteiger partial charge in [0.25, 0.3) is 0 Å². The van der Waals surface area contributed by atoms with Crippen LogP contribution in [0, 0.1) is 6.92 Å². The number of sulfonamides is 1. The van der Waals surface area contributed by atoms with Crippen LogP contribution in [0.2, 0.25) is 0 Å². The highest BCUT2D eigenvalue weighted by atomic mass is 32.2. The monoisotopic (exact) mass is 331 g/mol. The zero-order chi connectivity index (χ0) is 17.3. The predicted molar refractivity (Wildman–Crippen MR) is 95.1 cm³/mol. The van der Waals surface area contributed by atoms with Crippen molar-refractivity contribution in [2.45, 2.75) is 51.0 Å². The Labute approximate surface area is 139 Å². The van der Waals surface area contributed by atoms with Gasteiger partial charge in [0.05, 0.1) is 4.90 Å². The molecular formula is C19H25NO2S. The predicted octanol–water partition coefficient (Wildman–Crippen LogP) is 4.33. The molecule has 4 heteroatoms. The number of hydrogen-bond donors (Lipinski definition) is 1. The summed E-state index contributed by atoms with van der Waals surface area (Å²) < 4.78 is 27.6. The molecule has 0 aliphatic carbocycles. The van der Waals surface area contributed by atoms with E-state index in [4.69, 9.17) is 0 Å². The van der Waals surface area contributed by atoms with E-state index in [0.29, 0.717) is 4.90 Å². The first-order valence-electron chi connectivity index (χ1n) is 7.79. The van der Waals surface area contributed by atoms with Gasteiger partial charge < -0.3 is 0 Å². The summed E-state index contributed by atoms with van der Waals surface area (Å²) in [7, 11) is -3.51. The van der Waals surface area contributed by atoms with Gasteiger partial charge in [-0.3, -0.25) is 0 Å². The molecular weight excluding hydrogens is 306 g/mol. The molecule has 0 spiro atoms. The van der Waals surface area contributed by atoms with Crippen molar-refractivity contribution in [1.82, 2.24) is 4.72 Å². The summed E-state index contributed by atoms with van der Waals surface area (Å²) >= 11 is 0. The molecule has 0 heterocycles. The fourth-order valence-electron chi connectivity index (χ4n) is 2.36. The highest BCUT2D eigenvalue weighted by Gasteiger charge is 2.19. The van der Waals surface area contributed by atoms with Crippen LogP contribution >= 0.6 is 0 Å². The van der Waals surface area contributed by atoms with Crippen molar-refractivity contribution in [3.8, 4) is 0 Å². The summed E-state index contributed by atoms with van der Waals surface area (Å²) in [5, 5.41) is 0. The van der Waals surface area contributed by atoms with Gasteiger partial charge in [-0.1, -0.05) is 62.7 Å². The van der Waals surface area contributed by atoms with E-state index in [9.17, 15) is 8.42 Å². The first kappa shape index (κ1) is 17.7. The quantitative estimate of drug-likeness (QED) is 0.906. The van der Waals surface area contributed by atoms with Crippen molar-refractivity contribution < 1.29 is 8.42 Å². The standard InChI is InChI=1S/C19H25NO2S/c1-14-6-12-18(13-7-14)23(21,22)20-15(2)16-8-10-17(11-9-16)19(3,4)5/h6-13,15,20H,1-5H3/t15-/m1/s1. The van der Waals surface area contributed by atoms with E-state index >= 15 is 0 Å². The Balaban J connectivity index is 2.18. The third-order valence-corrected chi connectivity index (χ3v) is 5.50. The molecule has 0 fully saturated rings. The van der Waals surface area contributed by atoms with Crippen molar-refractivity contribution in [3.63, 3.8) is 0 Å². The summed E-state index contributed by atoms with van der Waals surface area (Å²) in [6, 6.07) is 14.7. The third kappa shape index (κ3) is 4.43. The van der Waals surface area contributed by atoms with E-state index in [-0.39, 0.29) is 11.5 Å². The second kappa shape index (κ2) is 6.46. The van der Waals surface area contributed by atoms with E-state index in [0.717, 1.165) is 11.1 Å². The topological polar surface area (TPSA) is 46.2 Å². The molecule has 1 atom stereocenters. The Morgan fingerprint density at radius 3 is 1.91 bits per heavy atom. The molecule has 124 valence electrons. The van der Waals surface area contributed by atoms with Gasteiger partial charge in [0, 0.05) is 6.04 Å².